The number of nitrogens with zero attached hydrogens (tertiary/aromatic N) is 2. The first-order chi connectivity index (χ1) is 6.68. The van der Waals surface area contributed by atoms with E-state index in [4.69, 9.17) is 0 Å². The number of rotatable bonds is 1. The molecule has 1 fully saturated rings. The van der Waals surface area contributed by atoms with Crippen LogP contribution in [0.15, 0.2) is 6.20 Å². The SMILES string of the molecule is Cc1c(C2NCC(C)CS2)cnn1C. The fraction of sp³-hybridized carbons (Fsp3) is 0.700. The molecule has 1 aliphatic heterocycles. The van der Waals surface area contributed by atoms with Crippen LogP contribution in [-0.2, 0) is 7.05 Å². The Morgan fingerprint density at radius 1 is 1.64 bits per heavy atom. The van der Waals surface area contributed by atoms with Gasteiger partial charge in [0.15, 0.2) is 0 Å². The molecule has 1 saturated heterocycles. The van der Waals surface area contributed by atoms with E-state index in [0.717, 1.165) is 12.5 Å². The van der Waals surface area contributed by atoms with Crippen LogP contribution in [0.25, 0.3) is 0 Å². The second-order valence-corrected chi connectivity index (χ2v) is 5.17. The zero-order valence-electron chi connectivity index (χ0n) is 8.95. The minimum atomic E-state index is 0.444. The Labute approximate surface area is 89.3 Å². The maximum Gasteiger partial charge on any atom is 0.0822 e. The summed E-state index contributed by atoms with van der Waals surface area (Å²) in [4.78, 5) is 0. The summed E-state index contributed by atoms with van der Waals surface area (Å²) in [6.45, 7) is 5.53. The number of aryl methyl sites for hydroxylation is 1. The van der Waals surface area contributed by atoms with Gasteiger partial charge in [0.25, 0.3) is 0 Å². The Bertz CT molecular complexity index is 313. The highest BCUT2D eigenvalue weighted by Gasteiger charge is 2.22. The minimum absolute atomic E-state index is 0.444. The molecule has 0 radical (unpaired) electrons. The minimum Gasteiger partial charge on any atom is -0.301 e. The molecule has 2 atom stereocenters. The van der Waals surface area contributed by atoms with E-state index >= 15 is 0 Å². The van der Waals surface area contributed by atoms with Gasteiger partial charge >= 0.3 is 0 Å². The van der Waals surface area contributed by atoms with E-state index in [9.17, 15) is 0 Å². The number of hydrogen-bond acceptors (Lipinski definition) is 3. The Morgan fingerprint density at radius 2 is 2.43 bits per heavy atom. The lowest BCUT2D eigenvalue weighted by Crippen LogP contribution is -2.31. The van der Waals surface area contributed by atoms with Crippen molar-refractivity contribution in [2.24, 2.45) is 13.0 Å². The standard InChI is InChI=1S/C10H17N3S/c1-7-4-11-10(14-6-7)9-5-12-13(3)8(9)2/h5,7,10-11H,4,6H2,1-3H3. The van der Waals surface area contributed by atoms with Gasteiger partial charge < -0.3 is 5.32 Å². The molecule has 78 valence electrons. The largest absolute Gasteiger partial charge is 0.301 e. The van der Waals surface area contributed by atoms with Crippen LogP contribution in [0.2, 0.25) is 0 Å². The highest BCUT2D eigenvalue weighted by molar-refractivity contribution is 7.99. The van der Waals surface area contributed by atoms with E-state index in [1.54, 1.807) is 0 Å². The highest BCUT2D eigenvalue weighted by atomic mass is 32.2. The van der Waals surface area contributed by atoms with Crippen LogP contribution in [0.1, 0.15) is 23.6 Å². The van der Waals surface area contributed by atoms with Gasteiger partial charge in [-0.3, -0.25) is 4.68 Å². The zero-order valence-corrected chi connectivity index (χ0v) is 9.77. The summed E-state index contributed by atoms with van der Waals surface area (Å²) in [6, 6.07) is 0. The molecular formula is C10H17N3S. The van der Waals surface area contributed by atoms with Crippen molar-refractivity contribution in [1.82, 2.24) is 15.1 Å². The van der Waals surface area contributed by atoms with Crippen LogP contribution in [0.3, 0.4) is 0 Å². The molecule has 0 spiro atoms. The molecule has 0 aromatic carbocycles. The van der Waals surface area contributed by atoms with Gasteiger partial charge in [0.1, 0.15) is 0 Å². The van der Waals surface area contributed by atoms with Crippen LogP contribution in [0, 0.1) is 12.8 Å². The monoisotopic (exact) mass is 211 g/mol. The van der Waals surface area contributed by atoms with Crippen molar-refractivity contribution < 1.29 is 0 Å². The van der Waals surface area contributed by atoms with Crippen molar-refractivity contribution in [2.75, 3.05) is 12.3 Å². The van der Waals surface area contributed by atoms with Gasteiger partial charge in [0.2, 0.25) is 0 Å². The summed E-state index contributed by atoms with van der Waals surface area (Å²) in [5.41, 5.74) is 2.61. The summed E-state index contributed by atoms with van der Waals surface area (Å²) in [7, 11) is 1.99. The molecule has 2 rings (SSSR count). The summed E-state index contributed by atoms with van der Waals surface area (Å²) >= 11 is 1.99. The van der Waals surface area contributed by atoms with Crippen LogP contribution in [0.4, 0.5) is 0 Å². The lowest BCUT2D eigenvalue weighted by Gasteiger charge is -2.27. The number of hydrogen-bond donors (Lipinski definition) is 1. The van der Waals surface area contributed by atoms with Gasteiger partial charge in [-0.05, 0) is 25.1 Å². The first kappa shape index (κ1) is 10.1. The molecule has 4 heteroatoms. The second kappa shape index (κ2) is 3.95. The third kappa shape index (κ3) is 1.81. The van der Waals surface area contributed by atoms with Crippen LogP contribution in [-0.4, -0.2) is 22.1 Å². The van der Waals surface area contributed by atoms with Gasteiger partial charge in [-0.15, -0.1) is 11.8 Å². The van der Waals surface area contributed by atoms with Crippen molar-refractivity contribution in [3.8, 4) is 0 Å². The average Bonchev–Trinajstić information content (AvgIpc) is 2.50. The molecule has 14 heavy (non-hydrogen) atoms. The molecule has 0 aliphatic carbocycles. The van der Waals surface area contributed by atoms with Gasteiger partial charge in [0, 0.05) is 18.3 Å². The molecule has 3 nitrogen and oxygen atoms in total. The lowest BCUT2D eigenvalue weighted by molar-refractivity contribution is 0.528. The summed E-state index contributed by atoms with van der Waals surface area (Å²) < 4.78 is 1.94. The van der Waals surface area contributed by atoms with E-state index in [0.29, 0.717) is 5.37 Å². The topological polar surface area (TPSA) is 29.9 Å². The third-order valence-electron chi connectivity index (χ3n) is 2.75. The van der Waals surface area contributed by atoms with E-state index < -0.39 is 0 Å². The van der Waals surface area contributed by atoms with Crippen molar-refractivity contribution >= 4 is 11.8 Å². The maximum absolute atomic E-state index is 4.27. The Morgan fingerprint density at radius 3 is 2.93 bits per heavy atom. The van der Waals surface area contributed by atoms with Crippen LogP contribution >= 0.6 is 11.8 Å². The fourth-order valence-electron chi connectivity index (χ4n) is 1.66. The molecule has 1 N–H and O–H groups in total. The predicted octanol–water partition coefficient (Wildman–Crippen LogP) is 1.70. The number of thioether (sulfide) groups is 1. The Kier molecular flexibility index (Phi) is 2.83. The Hall–Kier alpha value is -0.480. The average molecular weight is 211 g/mol. The van der Waals surface area contributed by atoms with Gasteiger partial charge in [-0.1, -0.05) is 6.92 Å². The van der Waals surface area contributed by atoms with Gasteiger partial charge in [-0.2, -0.15) is 5.10 Å². The molecule has 1 aliphatic rings. The maximum atomic E-state index is 4.27. The molecule has 1 aromatic rings. The smallest absolute Gasteiger partial charge is 0.0822 e. The Balaban J connectivity index is 2.12. The van der Waals surface area contributed by atoms with E-state index in [2.05, 4.69) is 24.3 Å². The third-order valence-corrected chi connectivity index (χ3v) is 4.27. The number of nitrogens with one attached hydrogen (secondary N) is 1. The van der Waals surface area contributed by atoms with Gasteiger partial charge in [-0.25, -0.2) is 0 Å². The summed E-state index contributed by atoms with van der Waals surface area (Å²) in [5.74, 6) is 2.03. The first-order valence-corrected chi connectivity index (χ1v) is 6.07. The second-order valence-electron chi connectivity index (χ2n) is 4.04. The fourth-order valence-corrected chi connectivity index (χ4v) is 2.92. The van der Waals surface area contributed by atoms with Crippen molar-refractivity contribution in [3.05, 3.63) is 17.5 Å². The van der Waals surface area contributed by atoms with Crippen molar-refractivity contribution in [2.45, 2.75) is 19.2 Å². The molecule has 1 aromatic heterocycles. The van der Waals surface area contributed by atoms with Gasteiger partial charge in [0.05, 0.1) is 11.6 Å². The normalized spacial score (nSPS) is 27.9. The van der Waals surface area contributed by atoms with E-state index in [1.807, 2.05) is 29.7 Å². The summed E-state index contributed by atoms with van der Waals surface area (Å²) in [6.07, 6.45) is 1.98. The molecule has 0 amide bonds. The van der Waals surface area contributed by atoms with Crippen molar-refractivity contribution in [3.63, 3.8) is 0 Å². The molecule has 0 bridgehead atoms. The quantitative estimate of drug-likeness (QED) is 0.767. The molecule has 2 heterocycles. The number of aromatic nitrogens is 2. The molecular weight excluding hydrogens is 194 g/mol. The highest BCUT2D eigenvalue weighted by Crippen LogP contribution is 2.32. The van der Waals surface area contributed by atoms with E-state index in [1.165, 1.54) is 17.0 Å². The first-order valence-electron chi connectivity index (χ1n) is 5.02. The van der Waals surface area contributed by atoms with Crippen LogP contribution < -0.4 is 5.32 Å². The van der Waals surface area contributed by atoms with Crippen molar-refractivity contribution in [1.29, 1.82) is 0 Å². The molecule has 2 unspecified atom stereocenters. The van der Waals surface area contributed by atoms with E-state index in [-0.39, 0.29) is 0 Å². The van der Waals surface area contributed by atoms with Crippen LogP contribution in [0.5, 0.6) is 0 Å². The lowest BCUT2D eigenvalue weighted by atomic mass is 10.2. The molecule has 0 saturated carbocycles. The predicted molar refractivity (Wildman–Crippen MR) is 60.3 cm³/mol. The zero-order chi connectivity index (χ0) is 10.1. The summed E-state index contributed by atoms with van der Waals surface area (Å²) in [5, 5.41) is 8.27.